The van der Waals surface area contributed by atoms with Crippen LogP contribution in [-0.2, 0) is 5.41 Å². The van der Waals surface area contributed by atoms with E-state index < -0.39 is 0 Å². The van der Waals surface area contributed by atoms with Gasteiger partial charge >= 0.3 is 0 Å². The topological polar surface area (TPSA) is 12.0 Å². The van der Waals surface area contributed by atoms with E-state index in [0.717, 1.165) is 11.0 Å². The van der Waals surface area contributed by atoms with Crippen molar-refractivity contribution in [3.05, 3.63) is 34.3 Å². The molecule has 0 amide bonds. The lowest BCUT2D eigenvalue weighted by atomic mass is 9.84. The molecule has 0 saturated carbocycles. The minimum atomic E-state index is 0.185. The predicted molar refractivity (Wildman–Crippen MR) is 70.3 cm³/mol. The first kappa shape index (κ1) is 12.7. The van der Waals surface area contributed by atoms with E-state index in [-0.39, 0.29) is 5.41 Å². The first-order valence-corrected chi connectivity index (χ1v) is 6.20. The average Bonchev–Trinajstić information content (AvgIpc) is 2.16. The third-order valence-electron chi connectivity index (χ3n) is 2.58. The Bertz CT molecular complexity index is 301. The summed E-state index contributed by atoms with van der Waals surface area (Å²) < 4.78 is 1.14. The van der Waals surface area contributed by atoms with Crippen LogP contribution in [0.15, 0.2) is 28.7 Å². The summed E-state index contributed by atoms with van der Waals surface area (Å²) in [5, 5.41) is 3.49. The van der Waals surface area contributed by atoms with Gasteiger partial charge in [0.05, 0.1) is 0 Å². The van der Waals surface area contributed by atoms with Crippen LogP contribution in [0.25, 0.3) is 0 Å². The zero-order valence-corrected chi connectivity index (χ0v) is 11.6. The second-order valence-corrected chi connectivity index (χ2v) is 5.84. The minimum Gasteiger partial charge on any atom is -0.314 e. The fraction of sp³-hybridized carbons (Fsp3) is 0.538. The van der Waals surface area contributed by atoms with Gasteiger partial charge in [0, 0.05) is 22.5 Å². The van der Waals surface area contributed by atoms with Gasteiger partial charge in [0.25, 0.3) is 0 Å². The number of rotatable bonds is 4. The van der Waals surface area contributed by atoms with Crippen LogP contribution in [0.2, 0.25) is 0 Å². The number of nitrogens with one attached hydrogen (secondary N) is 1. The summed E-state index contributed by atoms with van der Waals surface area (Å²) in [4.78, 5) is 0. The minimum absolute atomic E-state index is 0.185. The molecule has 0 saturated heterocycles. The van der Waals surface area contributed by atoms with Gasteiger partial charge in [0.1, 0.15) is 0 Å². The molecular weight excluding hydrogens is 250 g/mol. The standard InChI is InChI=1S/C13H20BrN/c1-10(2)15-9-13(3,4)11-5-7-12(14)8-6-11/h5-8,10,15H,9H2,1-4H3. The Hall–Kier alpha value is -0.340. The van der Waals surface area contributed by atoms with E-state index in [1.54, 1.807) is 0 Å². The summed E-state index contributed by atoms with van der Waals surface area (Å²) in [5.74, 6) is 0. The number of hydrogen-bond acceptors (Lipinski definition) is 1. The van der Waals surface area contributed by atoms with Crippen LogP contribution >= 0.6 is 15.9 Å². The normalized spacial score (nSPS) is 12.1. The molecule has 0 atom stereocenters. The Labute approximate surface area is 101 Å². The van der Waals surface area contributed by atoms with Crippen LogP contribution in [0.4, 0.5) is 0 Å². The van der Waals surface area contributed by atoms with Crippen LogP contribution in [0, 0.1) is 0 Å². The second-order valence-electron chi connectivity index (χ2n) is 4.93. The Morgan fingerprint density at radius 2 is 1.73 bits per heavy atom. The van der Waals surface area contributed by atoms with Gasteiger partial charge in [-0.25, -0.2) is 0 Å². The van der Waals surface area contributed by atoms with Crippen molar-refractivity contribution < 1.29 is 0 Å². The molecule has 0 aromatic heterocycles. The molecule has 0 aliphatic carbocycles. The molecule has 0 spiro atoms. The van der Waals surface area contributed by atoms with Gasteiger partial charge in [-0.05, 0) is 17.7 Å². The van der Waals surface area contributed by atoms with Crippen LogP contribution < -0.4 is 5.32 Å². The molecular formula is C13H20BrN. The maximum atomic E-state index is 3.49. The summed E-state index contributed by atoms with van der Waals surface area (Å²) in [6, 6.07) is 9.12. The molecule has 1 nitrogen and oxygen atoms in total. The maximum Gasteiger partial charge on any atom is 0.0175 e. The summed E-state index contributed by atoms with van der Waals surface area (Å²) >= 11 is 3.46. The van der Waals surface area contributed by atoms with Gasteiger partial charge in [0.15, 0.2) is 0 Å². The fourth-order valence-electron chi connectivity index (χ4n) is 1.46. The molecule has 0 fully saturated rings. The maximum absolute atomic E-state index is 3.49. The zero-order chi connectivity index (χ0) is 11.5. The van der Waals surface area contributed by atoms with Crippen molar-refractivity contribution in [1.29, 1.82) is 0 Å². The Morgan fingerprint density at radius 3 is 2.20 bits per heavy atom. The number of benzene rings is 1. The average molecular weight is 270 g/mol. The zero-order valence-electron chi connectivity index (χ0n) is 9.97. The second kappa shape index (κ2) is 5.13. The molecule has 0 aliphatic rings. The van der Waals surface area contributed by atoms with Crippen LogP contribution in [-0.4, -0.2) is 12.6 Å². The molecule has 1 N–H and O–H groups in total. The van der Waals surface area contributed by atoms with E-state index in [4.69, 9.17) is 0 Å². The van der Waals surface area contributed by atoms with Gasteiger partial charge < -0.3 is 5.32 Å². The highest BCUT2D eigenvalue weighted by Gasteiger charge is 2.20. The molecule has 0 radical (unpaired) electrons. The van der Waals surface area contributed by atoms with Crippen molar-refractivity contribution in [2.45, 2.75) is 39.2 Å². The van der Waals surface area contributed by atoms with E-state index in [2.05, 4.69) is 73.2 Å². The Balaban J connectivity index is 2.72. The van der Waals surface area contributed by atoms with Crippen LogP contribution in [0.1, 0.15) is 33.3 Å². The number of halogens is 1. The molecule has 15 heavy (non-hydrogen) atoms. The van der Waals surface area contributed by atoms with Gasteiger partial charge in [-0.1, -0.05) is 55.8 Å². The lowest BCUT2D eigenvalue weighted by Crippen LogP contribution is -2.36. The smallest absolute Gasteiger partial charge is 0.0175 e. The molecule has 84 valence electrons. The molecule has 0 heterocycles. The van der Waals surface area contributed by atoms with Gasteiger partial charge in [-0.2, -0.15) is 0 Å². The first-order chi connectivity index (χ1) is 6.92. The van der Waals surface area contributed by atoms with E-state index in [1.165, 1.54) is 5.56 Å². The van der Waals surface area contributed by atoms with Gasteiger partial charge in [0.2, 0.25) is 0 Å². The third kappa shape index (κ3) is 3.96. The van der Waals surface area contributed by atoms with Crippen molar-refractivity contribution in [2.24, 2.45) is 0 Å². The lowest BCUT2D eigenvalue weighted by molar-refractivity contribution is 0.441. The predicted octanol–water partition coefficient (Wildman–Crippen LogP) is 3.72. The third-order valence-corrected chi connectivity index (χ3v) is 3.11. The Morgan fingerprint density at radius 1 is 1.20 bits per heavy atom. The Kier molecular flexibility index (Phi) is 4.35. The molecule has 1 aromatic carbocycles. The molecule has 1 rings (SSSR count). The van der Waals surface area contributed by atoms with Crippen LogP contribution in [0.5, 0.6) is 0 Å². The van der Waals surface area contributed by atoms with E-state index in [0.29, 0.717) is 6.04 Å². The summed E-state index contributed by atoms with van der Waals surface area (Å²) in [5.41, 5.74) is 1.56. The molecule has 2 heteroatoms. The largest absolute Gasteiger partial charge is 0.314 e. The summed E-state index contributed by atoms with van der Waals surface area (Å²) in [6.45, 7) is 9.90. The summed E-state index contributed by atoms with van der Waals surface area (Å²) in [7, 11) is 0. The highest BCUT2D eigenvalue weighted by molar-refractivity contribution is 9.10. The molecule has 1 aromatic rings. The number of hydrogen-bond donors (Lipinski definition) is 1. The van der Waals surface area contributed by atoms with E-state index >= 15 is 0 Å². The summed E-state index contributed by atoms with van der Waals surface area (Å²) in [6.07, 6.45) is 0. The molecule has 0 aliphatic heterocycles. The van der Waals surface area contributed by atoms with Crippen LogP contribution in [0.3, 0.4) is 0 Å². The monoisotopic (exact) mass is 269 g/mol. The highest BCUT2D eigenvalue weighted by atomic mass is 79.9. The van der Waals surface area contributed by atoms with E-state index in [9.17, 15) is 0 Å². The van der Waals surface area contributed by atoms with Gasteiger partial charge in [-0.3, -0.25) is 0 Å². The van der Waals surface area contributed by atoms with Crippen molar-refractivity contribution in [3.8, 4) is 0 Å². The quantitative estimate of drug-likeness (QED) is 0.879. The van der Waals surface area contributed by atoms with Crippen molar-refractivity contribution in [2.75, 3.05) is 6.54 Å². The molecule has 0 unspecified atom stereocenters. The molecule has 0 bridgehead atoms. The van der Waals surface area contributed by atoms with Gasteiger partial charge in [-0.15, -0.1) is 0 Å². The van der Waals surface area contributed by atoms with Crippen molar-refractivity contribution in [3.63, 3.8) is 0 Å². The lowest BCUT2D eigenvalue weighted by Gasteiger charge is -2.27. The van der Waals surface area contributed by atoms with Crippen molar-refractivity contribution >= 4 is 15.9 Å². The van der Waals surface area contributed by atoms with E-state index in [1.807, 2.05) is 0 Å². The first-order valence-electron chi connectivity index (χ1n) is 5.41. The highest BCUT2D eigenvalue weighted by Crippen LogP contribution is 2.24. The fourth-order valence-corrected chi connectivity index (χ4v) is 1.73. The SMILES string of the molecule is CC(C)NCC(C)(C)c1ccc(Br)cc1. The van der Waals surface area contributed by atoms with Crippen molar-refractivity contribution in [1.82, 2.24) is 5.32 Å².